The Kier molecular flexibility index (Phi) is 5.77. The molecular formula is C12H23NO3. The minimum absolute atomic E-state index is 0.118. The molecule has 0 bridgehead atoms. The van der Waals surface area contributed by atoms with Crippen molar-refractivity contribution in [1.29, 1.82) is 0 Å². The summed E-state index contributed by atoms with van der Waals surface area (Å²) >= 11 is 0. The monoisotopic (exact) mass is 229 g/mol. The van der Waals surface area contributed by atoms with Crippen molar-refractivity contribution < 1.29 is 14.3 Å². The molecule has 1 fully saturated rings. The van der Waals surface area contributed by atoms with Crippen molar-refractivity contribution in [3.8, 4) is 0 Å². The van der Waals surface area contributed by atoms with E-state index in [0.717, 1.165) is 19.4 Å². The van der Waals surface area contributed by atoms with Gasteiger partial charge in [0.2, 0.25) is 5.91 Å². The molecule has 4 heteroatoms. The fraction of sp³-hybridized carbons (Fsp3) is 0.917. The second kappa shape index (κ2) is 6.86. The third kappa shape index (κ3) is 4.94. The van der Waals surface area contributed by atoms with Crippen molar-refractivity contribution in [2.75, 3.05) is 33.5 Å². The van der Waals surface area contributed by atoms with Crippen molar-refractivity contribution in [1.82, 2.24) is 4.90 Å². The number of hydrogen-bond acceptors (Lipinski definition) is 3. The van der Waals surface area contributed by atoms with Gasteiger partial charge in [-0.3, -0.25) is 4.79 Å². The van der Waals surface area contributed by atoms with Gasteiger partial charge in [-0.25, -0.2) is 0 Å². The van der Waals surface area contributed by atoms with Crippen LogP contribution in [0.15, 0.2) is 0 Å². The van der Waals surface area contributed by atoms with Crippen LogP contribution in [0.4, 0.5) is 0 Å². The lowest BCUT2D eigenvalue weighted by atomic mass is 10.2. The minimum Gasteiger partial charge on any atom is -0.382 e. The van der Waals surface area contributed by atoms with Gasteiger partial charge in [0.1, 0.15) is 6.61 Å². The number of ether oxygens (including phenoxy) is 2. The van der Waals surface area contributed by atoms with E-state index < -0.39 is 0 Å². The average molecular weight is 229 g/mol. The quantitative estimate of drug-likeness (QED) is 0.589. The normalized spacial score (nSPS) is 15.5. The van der Waals surface area contributed by atoms with E-state index in [1.165, 1.54) is 0 Å². The van der Waals surface area contributed by atoms with Gasteiger partial charge in [0, 0.05) is 19.7 Å². The second-order valence-corrected chi connectivity index (χ2v) is 4.72. The third-order valence-corrected chi connectivity index (χ3v) is 2.53. The molecule has 0 aromatic heterocycles. The van der Waals surface area contributed by atoms with Gasteiger partial charge in [-0.2, -0.15) is 0 Å². The third-order valence-electron chi connectivity index (χ3n) is 2.53. The Morgan fingerprint density at radius 1 is 1.38 bits per heavy atom. The Morgan fingerprint density at radius 3 is 2.56 bits per heavy atom. The number of methoxy groups -OCH3 is 1. The molecule has 1 amide bonds. The van der Waals surface area contributed by atoms with Crippen molar-refractivity contribution >= 4 is 5.91 Å². The van der Waals surface area contributed by atoms with Crippen LogP contribution in [0.5, 0.6) is 0 Å². The summed E-state index contributed by atoms with van der Waals surface area (Å²) in [7, 11) is 1.63. The van der Waals surface area contributed by atoms with E-state index in [4.69, 9.17) is 9.47 Å². The number of rotatable bonds is 8. The topological polar surface area (TPSA) is 38.8 Å². The fourth-order valence-corrected chi connectivity index (χ4v) is 1.62. The van der Waals surface area contributed by atoms with E-state index in [-0.39, 0.29) is 12.5 Å². The summed E-state index contributed by atoms with van der Waals surface area (Å²) in [5, 5.41) is 0. The summed E-state index contributed by atoms with van der Waals surface area (Å²) in [6, 6.07) is 0.473. The molecule has 0 aromatic carbocycles. The summed E-state index contributed by atoms with van der Waals surface area (Å²) < 4.78 is 10.1. The van der Waals surface area contributed by atoms with Gasteiger partial charge in [-0.15, -0.1) is 0 Å². The lowest BCUT2D eigenvalue weighted by molar-refractivity contribution is -0.137. The lowest BCUT2D eigenvalue weighted by Crippen LogP contribution is -2.38. The highest BCUT2D eigenvalue weighted by atomic mass is 16.5. The van der Waals surface area contributed by atoms with Crippen LogP contribution in [0.25, 0.3) is 0 Å². The van der Waals surface area contributed by atoms with Gasteiger partial charge < -0.3 is 14.4 Å². The van der Waals surface area contributed by atoms with E-state index in [1.807, 2.05) is 4.90 Å². The predicted molar refractivity (Wildman–Crippen MR) is 62.3 cm³/mol. The number of carbonyl (C=O) groups excluding carboxylic acids is 1. The first-order valence-electron chi connectivity index (χ1n) is 6.01. The summed E-state index contributed by atoms with van der Waals surface area (Å²) in [6.07, 6.45) is 2.30. The van der Waals surface area contributed by atoms with E-state index in [9.17, 15) is 4.79 Å². The van der Waals surface area contributed by atoms with Crippen LogP contribution in [0.3, 0.4) is 0 Å². The predicted octanol–water partition coefficient (Wildman–Crippen LogP) is 1.30. The maximum atomic E-state index is 11.9. The summed E-state index contributed by atoms with van der Waals surface area (Å²) in [4.78, 5) is 13.9. The Hall–Kier alpha value is -0.610. The fourth-order valence-electron chi connectivity index (χ4n) is 1.62. The standard InChI is InChI=1S/C12H23NO3/c1-10(2)8-13(11-4-5-11)12(14)9-16-7-6-15-3/h10-11H,4-9H2,1-3H3. The van der Waals surface area contributed by atoms with Gasteiger partial charge in [0.15, 0.2) is 0 Å². The summed E-state index contributed by atoms with van der Waals surface area (Å²) in [6.45, 7) is 6.33. The van der Waals surface area contributed by atoms with Crippen molar-refractivity contribution in [3.05, 3.63) is 0 Å². The Morgan fingerprint density at radius 2 is 2.06 bits per heavy atom. The van der Waals surface area contributed by atoms with Gasteiger partial charge >= 0.3 is 0 Å². The number of hydrogen-bond donors (Lipinski definition) is 0. The molecule has 1 aliphatic rings. The van der Waals surface area contributed by atoms with E-state index in [2.05, 4.69) is 13.8 Å². The van der Waals surface area contributed by atoms with E-state index >= 15 is 0 Å². The van der Waals surface area contributed by atoms with Gasteiger partial charge in [-0.05, 0) is 18.8 Å². The smallest absolute Gasteiger partial charge is 0.248 e. The number of amides is 1. The molecule has 0 saturated heterocycles. The Balaban J connectivity index is 2.24. The highest BCUT2D eigenvalue weighted by Gasteiger charge is 2.32. The van der Waals surface area contributed by atoms with E-state index in [1.54, 1.807) is 7.11 Å². The van der Waals surface area contributed by atoms with Crippen LogP contribution in [-0.2, 0) is 14.3 Å². The number of nitrogens with zero attached hydrogens (tertiary/aromatic N) is 1. The van der Waals surface area contributed by atoms with Crippen molar-refractivity contribution in [3.63, 3.8) is 0 Å². The molecule has 1 rings (SSSR count). The average Bonchev–Trinajstić information content (AvgIpc) is 3.04. The first-order chi connectivity index (χ1) is 7.65. The molecule has 94 valence electrons. The Bertz CT molecular complexity index is 214. The second-order valence-electron chi connectivity index (χ2n) is 4.72. The highest BCUT2D eigenvalue weighted by Crippen LogP contribution is 2.27. The maximum Gasteiger partial charge on any atom is 0.248 e. The molecule has 0 heterocycles. The van der Waals surface area contributed by atoms with Crippen LogP contribution in [-0.4, -0.2) is 50.3 Å². The van der Waals surface area contributed by atoms with Gasteiger partial charge in [-0.1, -0.05) is 13.8 Å². The molecule has 1 saturated carbocycles. The van der Waals surface area contributed by atoms with Crippen LogP contribution in [0.2, 0.25) is 0 Å². The van der Waals surface area contributed by atoms with E-state index in [0.29, 0.717) is 25.2 Å². The SMILES string of the molecule is COCCOCC(=O)N(CC(C)C)C1CC1. The Labute approximate surface area is 97.9 Å². The first-order valence-corrected chi connectivity index (χ1v) is 6.01. The molecule has 0 radical (unpaired) electrons. The van der Waals surface area contributed by atoms with Crippen LogP contribution in [0, 0.1) is 5.92 Å². The summed E-state index contributed by atoms with van der Waals surface area (Å²) in [5.74, 6) is 0.635. The largest absolute Gasteiger partial charge is 0.382 e. The highest BCUT2D eigenvalue weighted by molar-refractivity contribution is 5.78. The number of carbonyl (C=O) groups is 1. The molecule has 1 aliphatic carbocycles. The molecule has 0 aromatic rings. The van der Waals surface area contributed by atoms with Crippen LogP contribution >= 0.6 is 0 Å². The first kappa shape index (κ1) is 13.5. The molecule has 0 unspecified atom stereocenters. The maximum absolute atomic E-state index is 11.9. The zero-order valence-electron chi connectivity index (χ0n) is 10.6. The molecule has 0 spiro atoms. The molecule has 4 nitrogen and oxygen atoms in total. The van der Waals surface area contributed by atoms with Crippen molar-refractivity contribution in [2.45, 2.75) is 32.7 Å². The zero-order valence-corrected chi connectivity index (χ0v) is 10.6. The zero-order chi connectivity index (χ0) is 12.0. The van der Waals surface area contributed by atoms with Crippen LogP contribution < -0.4 is 0 Å². The van der Waals surface area contributed by atoms with Crippen molar-refractivity contribution in [2.24, 2.45) is 5.92 Å². The molecular weight excluding hydrogens is 206 g/mol. The van der Waals surface area contributed by atoms with Gasteiger partial charge in [0.05, 0.1) is 13.2 Å². The molecule has 0 N–H and O–H groups in total. The summed E-state index contributed by atoms with van der Waals surface area (Å²) in [5.41, 5.74) is 0. The van der Waals surface area contributed by atoms with Gasteiger partial charge in [0.25, 0.3) is 0 Å². The minimum atomic E-state index is 0.118. The molecule has 0 aliphatic heterocycles. The van der Waals surface area contributed by atoms with Crippen LogP contribution in [0.1, 0.15) is 26.7 Å². The lowest BCUT2D eigenvalue weighted by Gasteiger charge is -2.24. The molecule has 16 heavy (non-hydrogen) atoms. The molecule has 0 atom stereocenters.